The smallest absolute Gasteiger partial charge is 0.153 e. The van der Waals surface area contributed by atoms with Gasteiger partial charge in [-0.1, -0.05) is 50.5 Å². The van der Waals surface area contributed by atoms with Gasteiger partial charge in [0.15, 0.2) is 5.84 Å². The van der Waals surface area contributed by atoms with Crippen LogP contribution in [0.15, 0.2) is 29.3 Å². The number of nitrogens with zero attached hydrogens (tertiary/aromatic N) is 1. The Bertz CT molecular complexity index is 489. The third kappa shape index (κ3) is 2.27. The summed E-state index contributed by atoms with van der Waals surface area (Å²) in [5.74, 6) is 1.14. The number of fused-ring (bicyclic) bond motifs is 1. The van der Waals surface area contributed by atoms with Crippen molar-refractivity contribution in [2.45, 2.75) is 56.9 Å². The van der Waals surface area contributed by atoms with Crippen molar-refractivity contribution in [2.24, 2.45) is 4.99 Å². The minimum Gasteiger partial charge on any atom is -0.290 e. The first-order chi connectivity index (χ1) is 9.24. The number of amidine groups is 1. The molecule has 2 aliphatic rings. The Morgan fingerprint density at radius 3 is 2.68 bits per heavy atom. The van der Waals surface area contributed by atoms with Crippen molar-refractivity contribution in [3.8, 4) is 0 Å². The topological polar surface area (TPSA) is 44.6 Å². The molecule has 1 aliphatic heterocycles. The summed E-state index contributed by atoms with van der Waals surface area (Å²) in [5, 5.41) is 9.48. The molecule has 1 heterocycles. The Hall–Kier alpha value is -1.35. The molecule has 0 aromatic heterocycles. The highest BCUT2D eigenvalue weighted by atomic mass is 16.5. The lowest BCUT2D eigenvalue weighted by atomic mass is 9.75. The molecule has 1 aliphatic carbocycles. The second-order valence-electron chi connectivity index (χ2n) is 6.05. The van der Waals surface area contributed by atoms with E-state index in [-0.39, 0.29) is 5.54 Å². The minimum absolute atomic E-state index is 0.0295. The van der Waals surface area contributed by atoms with Crippen LogP contribution in [0.3, 0.4) is 0 Å². The Morgan fingerprint density at radius 1 is 1.21 bits per heavy atom. The van der Waals surface area contributed by atoms with E-state index in [2.05, 4.69) is 30.6 Å². The molecule has 0 amide bonds. The van der Waals surface area contributed by atoms with Crippen LogP contribution < -0.4 is 5.48 Å². The van der Waals surface area contributed by atoms with Crippen LogP contribution in [0.5, 0.6) is 0 Å². The van der Waals surface area contributed by atoms with E-state index < -0.39 is 0 Å². The van der Waals surface area contributed by atoms with Gasteiger partial charge in [-0.15, -0.1) is 0 Å². The predicted octanol–water partition coefficient (Wildman–Crippen LogP) is 3.62. The van der Waals surface area contributed by atoms with Gasteiger partial charge in [0.05, 0.1) is 5.54 Å². The molecule has 1 aromatic carbocycles. The van der Waals surface area contributed by atoms with Crippen molar-refractivity contribution in [1.82, 2.24) is 5.48 Å². The summed E-state index contributed by atoms with van der Waals surface area (Å²) >= 11 is 0. The van der Waals surface area contributed by atoms with Crippen LogP contribution in [0.4, 0.5) is 0 Å². The standard InChI is InChI=1S/C16H22N2O/c1-12-11-16(9-5-2-6-10-16)17-15(18-19)14-8-4-3-7-13(12)14/h3-4,7-8,12,19H,2,5-6,9-11H2,1H3,(H,17,18). The Balaban J connectivity index is 2.07. The van der Waals surface area contributed by atoms with Crippen LogP contribution in [0.1, 0.15) is 62.5 Å². The number of hydroxylamine groups is 1. The molecule has 19 heavy (non-hydrogen) atoms. The first-order valence-electron chi connectivity index (χ1n) is 7.33. The normalized spacial score (nSPS) is 25.4. The highest BCUT2D eigenvalue weighted by molar-refractivity contribution is 6.00. The average molecular weight is 258 g/mol. The van der Waals surface area contributed by atoms with E-state index in [1.165, 1.54) is 24.8 Å². The first-order valence-corrected chi connectivity index (χ1v) is 7.33. The molecule has 3 rings (SSSR count). The number of rotatable bonds is 0. The maximum atomic E-state index is 9.48. The molecule has 102 valence electrons. The second-order valence-corrected chi connectivity index (χ2v) is 6.05. The van der Waals surface area contributed by atoms with E-state index in [9.17, 15) is 5.21 Å². The van der Waals surface area contributed by atoms with Gasteiger partial charge in [-0.3, -0.25) is 15.7 Å². The number of benzene rings is 1. The average Bonchev–Trinajstić information content (AvgIpc) is 2.56. The highest BCUT2D eigenvalue weighted by Gasteiger charge is 2.36. The zero-order valence-electron chi connectivity index (χ0n) is 11.5. The van der Waals surface area contributed by atoms with Crippen LogP contribution >= 0.6 is 0 Å². The zero-order chi connectivity index (χ0) is 13.3. The first kappa shape index (κ1) is 12.7. The minimum atomic E-state index is 0.0295. The Labute approximate surface area is 114 Å². The van der Waals surface area contributed by atoms with E-state index in [0.29, 0.717) is 11.8 Å². The number of aliphatic imine (C=N–C) groups is 1. The van der Waals surface area contributed by atoms with Crippen molar-refractivity contribution in [3.63, 3.8) is 0 Å². The maximum absolute atomic E-state index is 9.48. The van der Waals surface area contributed by atoms with Gasteiger partial charge in [0.1, 0.15) is 0 Å². The van der Waals surface area contributed by atoms with Crippen LogP contribution in [0.25, 0.3) is 0 Å². The van der Waals surface area contributed by atoms with Gasteiger partial charge >= 0.3 is 0 Å². The van der Waals surface area contributed by atoms with Crippen LogP contribution in [-0.4, -0.2) is 16.6 Å². The molecule has 1 fully saturated rings. The molecule has 0 saturated heterocycles. The molecule has 3 nitrogen and oxygen atoms in total. The van der Waals surface area contributed by atoms with Crippen LogP contribution in [0, 0.1) is 0 Å². The molecule has 1 unspecified atom stereocenters. The fraction of sp³-hybridized carbons (Fsp3) is 0.562. The second kappa shape index (κ2) is 4.97. The lowest BCUT2D eigenvalue weighted by Crippen LogP contribution is -2.33. The molecule has 1 spiro atoms. The SMILES string of the molecule is CC1CC2(CCCCC2)N=C(NO)c2ccccc21. The maximum Gasteiger partial charge on any atom is 0.153 e. The summed E-state index contributed by atoms with van der Waals surface area (Å²) in [6.45, 7) is 2.28. The van der Waals surface area contributed by atoms with E-state index in [1.54, 1.807) is 0 Å². The van der Waals surface area contributed by atoms with Gasteiger partial charge in [-0.25, -0.2) is 0 Å². The van der Waals surface area contributed by atoms with Crippen LogP contribution in [0.2, 0.25) is 0 Å². The molecule has 3 heteroatoms. The summed E-state index contributed by atoms with van der Waals surface area (Å²) in [4.78, 5) is 4.93. The fourth-order valence-electron chi connectivity index (χ4n) is 3.78. The summed E-state index contributed by atoms with van der Waals surface area (Å²) in [6.07, 6.45) is 7.22. The van der Waals surface area contributed by atoms with Crippen molar-refractivity contribution in [3.05, 3.63) is 35.4 Å². The Morgan fingerprint density at radius 2 is 1.95 bits per heavy atom. The van der Waals surface area contributed by atoms with Crippen molar-refractivity contribution < 1.29 is 5.21 Å². The highest BCUT2D eigenvalue weighted by Crippen LogP contribution is 2.42. The van der Waals surface area contributed by atoms with Gasteiger partial charge in [0.2, 0.25) is 0 Å². The van der Waals surface area contributed by atoms with E-state index >= 15 is 0 Å². The van der Waals surface area contributed by atoms with Crippen LogP contribution in [-0.2, 0) is 0 Å². The lowest BCUT2D eigenvalue weighted by molar-refractivity contribution is 0.227. The molecule has 2 N–H and O–H groups in total. The molecule has 1 aromatic rings. The van der Waals surface area contributed by atoms with Gasteiger partial charge < -0.3 is 0 Å². The molecule has 1 saturated carbocycles. The number of hydrogen-bond donors (Lipinski definition) is 2. The molecular weight excluding hydrogens is 236 g/mol. The molecule has 1 atom stereocenters. The summed E-state index contributed by atoms with van der Waals surface area (Å²) in [5.41, 5.74) is 4.72. The summed E-state index contributed by atoms with van der Waals surface area (Å²) < 4.78 is 0. The summed E-state index contributed by atoms with van der Waals surface area (Å²) in [6, 6.07) is 8.30. The fourth-order valence-corrected chi connectivity index (χ4v) is 3.78. The van der Waals surface area contributed by atoms with Crippen molar-refractivity contribution in [2.75, 3.05) is 0 Å². The molecule has 0 radical (unpaired) electrons. The monoisotopic (exact) mass is 258 g/mol. The lowest BCUT2D eigenvalue weighted by Gasteiger charge is -2.35. The largest absolute Gasteiger partial charge is 0.290 e. The third-order valence-corrected chi connectivity index (χ3v) is 4.67. The van der Waals surface area contributed by atoms with E-state index in [0.717, 1.165) is 24.8 Å². The summed E-state index contributed by atoms with van der Waals surface area (Å²) in [7, 11) is 0. The third-order valence-electron chi connectivity index (χ3n) is 4.67. The molecule has 0 bridgehead atoms. The van der Waals surface area contributed by atoms with Gasteiger partial charge in [0, 0.05) is 5.56 Å². The van der Waals surface area contributed by atoms with E-state index in [4.69, 9.17) is 4.99 Å². The van der Waals surface area contributed by atoms with Gasteiger partial charge in [-0.05, 0) is 30.7 Å². The van der Waals surface area contributed by atoms with Gasteiger partial charge in [-0.2, -0.15) is 0 Å². The quantitative estimate of drug-likeness (QED) is 0.698. The van der Waals surface area contributed by atoms with Crippen molar-refractivity contribution in [1.29, 1.82) is 0 Å². The zero-order valence-corrected chi connectivity index (χ0v) is 11.5. The Kier molecular flexibility index (Phi) is 3.31. The predicted molar refractivity (Wildman–Crippen MR) is 76.7 cm³/mol. The van der Waals surface area contributed by atoms with E-state index in [1.807, 2.05) is 6.07 Å². The number of nitrogens with one attached hydrogen (secondary N) is 1. The number of hydrogen-bond acceptors (Lipinski definition) is 3. The van der Waals surface area contributed by atoms with Gasteiger partial charge in [0.25, 0.3) is 0 Å². The molecular formula is C16H22N2O. The van der Waals surface area contributed by atoms with Crippen molar-refractivity contribution >= 4 is 5.84 Å².